The Labute approximate surface area is 77.8 Å². The number of rotatable bonds is 0. The molecule has 0 spiro atoms. The normalized spacial score (nSPS) is 11.7. The van der Waals surface area contributed by atoms with Crippen molar-refractivity contribution in [3.63, 3.8) is 0 Å². The SMILES string of the molecule is CC(C)(N)C(F)(F)F.O=C(Cl)Cl. The predicted octanol–water partition coefficient (Wildman–Crippen LogP) is 2.87. The van der Waals surface area contributed by atoms with Crippen LogP contribution in [-0.2, 0) is 0 Å². The van der Waals surface area contributed by atoms with Crippen LogP contribution in [0.4, 0.5) is 18.0 Å². The first-order valence-electron chi connectivity index (χ1n) is 2.69. The van der Waals surface area contributed by atoms with Gasteiger partial charge in [-0.05, 0) is 37.0 Å². The maximum Gasteiger partial charge on any atom is 0.405 e. The third kappa shape index (κ3) is 10.0. The smallest absolute Gasteiger partial charge is 0.318 e. The molecule has 0 saturated carbocycles. The molecule has 0 radical (unpaired) electrons. The molecule has 0 amide bonds. The summed E-state index contributed by atoms with van der Waals surface area (Å²) in [5.41, 5.74) is 2.62. The summed E-state index contributed by atoms with van der Waals surface area (Å²) in [6, 6.07) is 0. The monoisotopic (exact) mass is 225 g/mol. The van der Waals surface area contributed by atoms with Crippen molar-refractivity contribution in [3.05, 3.63) is 0 Å². The fraction of sp³-hybridized carbons (Fsp3) is 0.800. The van der Waals surface area contributed by atoms with E-state index in [-0.39, 0.29) is 0 Å². The second-order valence-corrected chi connectivity index (χ2v) is 3.33. The number of hydrogen-bond acceptors (Lipinski definition) is 2. The number of carbonyl (C=O) groups excluding carboxylic acids is 1. The molecule has 0 fully saturated rings. The fourth-order valence-electron chi connectivity index (χ4n) is 0. The van der Waals surface area contributed by atoms with Gasteiger partial charge in [-0.3, -0.25) is 4.79 Å². The summed E-state index contributed by atoms with van der Waals surface area (Å²) in [4.78, 5) is 8.98. The van der Waals surface area contributed by atoms with Gasteiger partial charge in [-0.25, -0.2) is 0 Å². The molecule has 7 heteroatoms. The molecule has 12 heavy (non-hydrogen) atoms. The number of nitrogens with two attached hydrogens (primary N) is 1. The van der Waals surface area contributed by atoms with E-state index in [9.17, 15) is 13.2 Å². The van der Waals surface area contributed by atoms with Crippen LogP contribution >= 0.6 is 23.2 Å². The first-order chi connectivity index (χ1) is 4.98. The van der Waals surface area contributed by atoms with Gasteiger partial charge in [0.2, 0.25) is 0 Å². The molecular formula is C5H8Cl2F3NO. The standard InChI is InChI=1S/C4H8F3N.CCl2O/c1-3(2,8)4(5,6)7;2-1(3)4/h8H2,1-2H3;. The van der Waals surface area contributed by atoms with E-state index in [2.05, 4.69) is 28.9 Å². The molecule has 0 rings (SSSR count). The Morgan fingerprint density at radius 1 is 1.25 bits per heavy atom. The van der Waals surface area contributed by atoms with Crippen molar-refractivity contribution in [1.82, 2.24) is 0 Å². The summed E-state index contributed by atoms with van der Waals surface area (Å²) in [6.45, 7) is 1.85. The highest BCUT2D eigenvalue weighted by Gasteiger charge is 2.43. The molecule has 0 aromatic carbocycles. The van der Waals surface area contributed by atoms with Crippen molar-refractivity contribution in [2.24, 2.45) is 5.73 Å². The lowest BCUT2D eigenvalue weighted by Gasteiger charge is -2.21. The third-order valence-corrected chi connectivity index (χ3v) is 0.731. The average Bonchev–Trinajstić information content (AvgIpc) is 1.55. The Kier molecular flexibility index (Phi) is 5.92. The van der Waals surface area contributed by atoms with E-state index in [0.29, 0.717) is 0 Å². The zero-order valence-electron chi connectivity index (χ0n) is 6.38. The highest BCUT2D eigenvalue weighted by molar-refractivity contribution is 6.93. The van der Waals surface area contributed by atoms with Gasteiger partial charge in [-0.2, -0.15) is 13.2 Å². The first kappa shape index (κ1) is 14.5. The molecular weight excluding hydrogens is 218 g/mol. The highest BCUT2D eigenvalue weighted by Crippen LogP contribution is 2.26. The summed E-state index contributed by atoms with van der Waals surface area (Å²) in [7, 11) is 0. The molecule has 0 saturated heterocycles. The topological polar surface area (TPSA) is 43.1 Å². The molecule has 0 aliphatic heterocycles. The summed E-state index contributed by atoms with van der Waals surface area (Å²) >= 11 is 8.80. The average molecular weight is 226 g/mol. The second-order valence-electron chi connectivity index (χ2n) is 2.45. The van der Waals surface area contributed by atoms with Crippen LogP contribution in [-0.4, -0.2) is 16.4 Å². The first-order valence-corrected chi connectivity index (χ1v) is 3.44. The summed E-state index contributed by atoms with van der Waals surface area (Å²) < 4.78 is 33.4. The molecule has 0 aliphatic carbocycles. The van der Waals surface area contributed by atoms with Crippen LogP contribution in [0.1, 0.15) is 13.8 Å². The molecule has 0 aliphatic rings. The van der Waals surface area contributed by atoms with Crippen molar-refractivity contribution in [2.45, 2.75) is 25.6 Å². The number of hydrogen-bond donors (Lipinski definition) is 1. The molecule has 0 heterocycles. The van der Waals surface area contributed by atoms with Gasteiger partial charge in [-0.15, -0.1) is 0 Å². The fourth-order valence-corrected chi connectivity index (χ4v) is 0. The number of carbonyl (C=O) groups is 1. The van der Waals surface area contributed by atoms with Crippen molar-refractivity contribution in [3.8, 4) is 0 Å². The van der Waals surface area contributed by atoms with Crippen molar-refractivity contribution in [2.75, 3.05) is 0 Å². The van der Waals surface area contributed by atoms with E-state index in [1.807, 2.05) is 0 Å². The van der Waals surface area contributed by atoms with Crippen LogP contribution in [0.3, 0.4) is 0 Å². The minimum Gasteiger partial charge on any atom is -0.318 e. The molecule has 2 nitrogen and oxygen atoms in total. The molecule has 0 aromatic rings. The van der Waals surface area contributed by atoms with Gasteiger partial charge in [0.15, 0.2) is 0 Å². The van der Waals surface area contributed by atoms with Gasteiger partial charge >= 0.3 is 10.9 Å². The summed E-state index contributed by atoms with van der Waals surface area (Å²) in [6.07, 6.45) is -4.28. The van der Waals surface area contributed by atoms with E-state index >= 15 is 0 Å². The van der Waals surface area contributed by atoms with Crippen LogP contribution < -0.4 is 5.73 Å². The maximum atomic E-state index is 11.4. The van der Waals surface area contributed by atoms with Crippen LogP contribution in [0, 0.1) is 0 Å². The van der Waals surface area contributed by atoms with Gasteiger partial charge in [-0.1, -0.05) is 0 Å². The van der Waals surface area contributed by atoms with Gasteiger partial charge in [0.25, 0.3) is 0 Å². The molecule has 0 aromatic heterocycles. The van der Waals surface area contributed by atoms with E-state index in [0.717, 1.165) is 13.8 Å². The lowest BCUT2D eigenvalue weighted by molar-refractivity contribution is -0.175. The van der Waals surface area contributed by atoms with Gasteiger partial charge in [0, 0.05) is 0 Å². The summed E-state index contributed by atoms with van der Waals surface area (Å²) in [5, 5.41) is 0. The van der Waals surface area contributed by atoms with E-state index in [1.165, 1.54) is 0 Å². The van der Waals surface area contributed by atoms with E-state index < -0.39 is 16.4 Å². The minimum absolute atomic E-state index is 0.889. The molecule has 74 valence electrons. The van der Waals surface area contributed by atoms with Crippen LogP contribution in [0.25, 0.3) is 0 Å². The van der Waals surface area contributed by atoms with Gasteiger partial charge < -0.3 is 5.73 Å². The number of halogens is 5. The van der Waals surface area contributed by atoms with Crippen molar-refractivity contribution >= 4 is 27.9 Å². The van der Waals surface area contributed by atoms with E-state index in [4.69, 9.17) is 4.79 Å². The zero-order valence-corrected chi connectivity index (χ0v) is 7.89. The van der Waals surface area contributed by atoms with Crippen molar-refractivity contribution in [1.29, 1.82) is 0 Å². The minimum atomic E-state index is -4.28. The lowest BCUT2D eigenvalue weighted by atomic mass is 10.1. The zero-order chi connectivity index (χ0) is 10.6. The van der Waals surface area contributed by atoms with Gasteiger partial charge in [0.1, 0.15) is 5.54 Å². The lowest BCUT2D eigenvalue weighted by Crippen LogP contribution is -2.47. The van der Waals surface area contributed by atoms with Gasteiger partial charge in [0.05, 0.1) is 0 Å². The Morgan fingerprint density at radius 2 is 1.33 bits per heavy atom. The van der Waals surface area contributed by atoms with Crippen LogP contribution in [0.2, 0.25) is 0 Å². The predicted molar refractivity (Wildman–Crippen MR) is 41.4 cm³/mol. The second kappa shape index (κ2) is 4.89. The third-order valence-electron chi connectivity index (χ3n) is 0.731. The Bertz CT molecular complexity index is 136. The highest BCUT2D eigenvalue weighted by atomic mass is 35.5. The number of alkyl halides is 3. The van der Waals surface area contributed by atoms with Crippen molar-refractivity contribution < 1.29 is 18.0 Å². The van der Waals surface area contributed by atoms with Crippen LogP contribution in [0.15, 0.2) is 0 Å². The molecule has 0 atom stereocenters. The molecule has 0 bridgehead atoms. The molecule has 0 unspecified atom stereocenters. The van der Waals surface area contributed by atoms with E-state index in [1.54, 1.807) is 0 Å². The van der Waals surface area contributed by atoms with Crippen LogP contribution in [0.5, 0.6) is 0 Å². The Balaban J connectivity index is 0. The Hall–Kier alpha value is -0.000000000000000111. The summed E-state index contributed by atoms with van der Waals surface area (Å²) in [5.74, 6) is 0. The quantitative estimate of drug-likeness (QED) is 0.645. The Morgan fingerprint density at radius 3 is 1.33 bits per heavy atom. The molecule has 2 N–H and O–H groups in total. The largest absolute Gasteiger partial charge is 0.405 e. The maximum absolute atomic E-state index is 11.4.